The van der Waals surface area contributed by atoms with Crippen LogP contribution < -0.4 is 5.32 Å². The van der Waals surface area contributed by atoms with Gasteiger partial charge in [0.25, 0.3) is 0 Å². The normalized spacial score (nSPS) is 22.0. The fourth-order valence-electron chi connectivity index (χ4n) is 6.27. The van der Waals surface area contributed by atoms with Crippen molar-refractivity contribution in [3.05, 3.63) is 72.0 Å². The lowest BCUT2D eigenvalue weighted by Gasteiger charge is -2.31. The highest BCUT2D eigenvalue weighted by molar-refractivity contribution is 6.31. The van der Waals surface area contributed by atoms with Gasteiger partial charge in [-0.05, 0) is 73.5 Å². The second-order valence-corrected chi connectivity index (χ2v) is 10.7. The minimum atomic E-state index is 0.683. The maximum atomic E-state index is 6.34. The molecule has 0 amide bonds. The third-order valence-electron chi connectivity index (χ3n) is 8.08. The number of hydrogen-bond acceptors (Lipinski definition) is 5. The molecule has 6 rings (SSSR count). The van der Waals surface area contributed by atoms with Crippen molar-refractivity contribution in [2.75, 3.05) is 25.5 Å². The Hall–Kier alpha value is -3.02. The van der Waals surface area contributed by atoms with Crippen LogP contribution in [0.3, 0.4) is 0 Å². The van der Waals surface area contributed by atoms with Crippen LogP contribution in [0.15, 0.2) is 67.0 Å². The highest BCUT2D eigenvalue weighted by atomic mass is 35.5. The highest BCUT2D eigenvalue weighted by Crippen LogP contribution is 2.40. The molecule has 1 saturated heterocycles. The number of fused-ring (bicyclic) bond motifs is 2. The third kappa shape index (κ3) is 4.70. The summed E-state index contributed by atoms with van der Waals surface area (Å²) in [6.07, 6.45) is 10.4. The highest BCUT2D eigenvalue weighted by Gasteiger charge is 2.40. The van der Waals surface area contributed by atoms with E-state index in [1.54, 1.807) is 6.20 Å². The molecule has 184 valence electrons. The predicted molar refractivity (Wildman–Crippen MR) is 148 cm³/mol. The van der Waals surface area contributed by atoms with Crippen LogP contribution in [0.1, 0.15) is 32.1 Å². The molecule has 2 aromatic carbocycles. The lowest BCUT2D eigenvalue weighted by atomic mass is 9.78. The van der Waals surface area contributed by atoms with Crippen molar-refractivity contribution in [3.8, 4) is 22.5 Å². The molecule has 0 spiro atoms. The average molecular weight is 498 g/mol. The molecule has 6 heteroatoms. The summed E-state index contributed by atoms with van der Waals surface area (Å²) in [5.74, 6) is 3.20. The smallest absolute Gasteiger partial charge is 0.162 e. The molecule has 36 heavy (non-hydrogen) atoms. The number of hydrogen-bond donors (Lipinski definition) is 1. The van der Waals surface area contributed by atoms with E-state index < -0.39 is 0 Å². The summed E-state index contributed by atoms with van der Waals surface area (Å²) in [4.78, 5) is 16.7. The van der Waals surface area contributed by atoms with E-state index in [4.69, 9.17) is 21.6 Å². The van der Waals surface area contributed by atoms with E-state index >= 15 is 0 Å². The van der Waals surface area contributed by atoms with Gasteiger partial charge in [0, 0.05) is 47.5 Å². The van der Waals surface area contributed by atoms with E-state index in [1.165, 1.54) is 38.6 Å². The van der Waals surface area contributed by atoms with Gasteiger partial charge in [0.15, 0.2) is 5.82 Å². The first kappa shape index (κ1) is 23.4. The summed E-state index contributed by atoms with van der Waals surface area (Å²) in [6.45, 7) is 2.13. The summed E-state index contributed by atoms with van der Waals surface area (Å²) < 4.78 is 0. The zero-order valence-electron chi connectivity index (χ0n) is 20.7. The first-order valence-corrected chi connectivity index (χ1v) is 13.5. The molecule has 1 N–H and O–H groups in total. The Bertz CT molecular complexity index is 1340. The topological polar surface area (TPSA) is 53.9 Å². The van der Waals surface area contributed by atoms with E-state index in [0.29, 0.717) is 10.8 Å². The molecule has 2 aromatic heterocycles. The van der Waals surface area contributed by atoms with E-state index in [-0.39, 0.29) is 0 Å². The fourth-order valence-corrected chi connectivity index (χ4v) is 6.44. The predicted octanol–water partition coefficient (Wildman–Crippen LogP) is 6.93. The third-order valence-corrected chi connectivity index (χ3v) is 8.32. The molecule has 3 atom stereocenters. The minimum absolute atomic E-state index is 0.683. The van der Waals surface area contributed by atoms with Crippen LogP contribution in [0.4, 0.5) is 5.82 Å². The van der Waals surface area contributed by atoms with Crippen molar-refractivity contribution in [1.29, 1.82) is 0 Å². The number of nitrogens with zero attached hydrogens (tertiary/aromatic N) is 4. The second kappa shape index (κ2) is 10.2. The fraction of sp³-hybridized carbons (Fsp3) is 0.367. The first-order chi connectivity index (χ1) is 17.7. The monoisotopic (exact) mass is 497 g/mol. The summed E-state index contributed by atoms with van der Waals surface area (Å²) in [5, 5.41) is 5.36. The van der Waals surface area contributed by atoms with Crippen LogP contribution in [0.25, 0.3) is 33.4 Å². The quantitative estimate of drug-likeness (QED) is 0.313. The molecular weight excluding hydrogens is 466 g/mol. The number of aromatic nitrogens is 3. The number of benzene rings is 2. The van der Waals surface area contributed by atoms with Gasteiger partial charge in [-0.1, -0.05) is 54.8 Å². The largest absolute Gasteiger partial charge is 0.369 e. The number of pyridine rings is 1. The number of rotatable bonds is 6. The van der Waals surface area contributed by atoms with Crippen molar-refractivity contribution in [2.24, 2.45) is 11.8 Å². The van der Waals surface area contributed by atoms with Gasteiger partial charge in [0.2, 0.25) is 0 Å². The lowest BCUT2D eigenvalue weighted by molar-refractivity contribution is 0.205. The molecule has 3 unspecified atom stereocenters. The van der Waals surface area contributed by atoms with Gasteiger partial charge in [0.05, 0.1) is 5.52 Å². The van der Waals surface area contributed by atoms with Crippen LogP contribution >= 0.6 is 11.6 Å². The van der Waals surface area contributed by atoms with Gasteiger partial charge in [-0.15, -0.1) is 0 Å². The first-order valence-electron chi connectivity index (χ1n) is 13.1. The van der Waals surface area contributed by atoms with Gasteiger partial charge in [-0.2, -0.15) is 0 Å². The van der Waals surface area contributed by atoms with Gasteiger partial charge >= 0.3 is 0 Å². The summed E-state index contributed by atoms with van der Waals surface area (Å²) >= 11 is 6.34. The molecule has 1 aliphatic heterocycles. The number of nitrogens with one attached hydrogen (secondary N) is 1. The molecule has 3 heterocycles. The minimum Gasteiger partial charge on any atom is -0.369 e. The van der Waals surface area contributed by atoms with Gasteiger partial charge in [0.1, 0.15) is 5.82 Å². The SMILES string of the molecule is CN1CC(CCNc2nc(-c3ccc(-c4cccnc4)cc3)nc3cc(Cl)ccc23)C2CCCCC21. The maximum Gasteiger partial charge on any atom is 0.162 e. The van der Waals surface area contributed by atoms with E-state index in [2.05, 4.69) is 52.6 Å². The number of anilines is 1. The zero-order chi connectivity index (χ0) is 24.5. The molecular formula is C30H32ClN5. The van der Waals surface area contributed by atoms with Crippen LogP contribution in [-0.4, -0.2) is 46.0 Å². The second-order valence-electron chi connectivity index (χ2n) is 10.3. The molecule has 2 fully saturated rings. The number of likely N-dealkylation sites (tertiary alicyclic amines) is 1. The maximum absolute atomic E-state index is 6.34. The molecule has 0 bridgehead atoms. The number of halogens is 1. The molecule has 2 aliphatic rings. The van der Waals surface area contributed by atoms with E-state index in [1.807, 2.05) is 30.5 Å². The van der Waals surface area contributed by atoms with E-state index in [0.717, 1.165) is 57.8 Å². The Morgan fingerprint density at radius 1 is 0.972 bits per heavy atom. The Morgan fingerprint density at radius 2 is 1.81 bits per heavy atom. The average Bonchev–Trinajstić information content (AvgIpc) is 3.24. The Morgan fingerprint density at radius 3 is 2.64 bits per heavy atom. The molecule has 1 aliphatic carbocycles. The van der Waals surface area contributed by atoms with Gasteiger partial charge in [-0.3, -0.25) is 4.98 Å². The zero-order valence-corrected chi connectivity index (χ0v) is 21.5. The van der Waals surface area contributed by atoms with Crippen LogP contribution in [0.5, 0.6) is 0 Å². The summed E-state index contributed by atoms with van der Waals surface area (Å²) in [6, 6.07) is 19.0. The Kier molecular flexibility index (Phi) is 6.60. The van der Waals surface area contributed by atoms with E-state index in [9.17, 15) is 0 Å². The van der Waals surface area contributed by atoms with Gasteiger partial charge < -0.3 is 10.2 Å². The summed E-state index contributed by atoms with van der Waals surface area (Å²) in [7, 11) is 2.31. The molecule has 5 nitrogen and oxygen atoms in total. The standard InChI is InChI=1S/C30H32ClN5/c1-36-19-23(25-6-2-3-7-28(25)36)14-16-33-30-26-13-12-24(31)17-27(26)34-29(35-30)21-10-8-20(9-11-21)22-5-4-15-32-18-22/h4-5,8-13,15,17-18,23,25,28H,2-3,6-7,14,16,19H2,1H3,(H,33,34,35). The lowest BCUT2D eigenvalue weighted by Crippen LogP contribution is -2.32. The Labute approximate surface area is 218 Å². The molecule has 1 saturated carbocycles. The van der Waals surface area contributed by atoms with Gasteiger partial charge in [-0.25, -0.2) is 9.97 Å². The van der Waals surface area contributed by atoms with Crippen molar-refractivity contribution >= 4 is 28.3 Å². The molecule has 4 aromatic rings. The van der Waals surface area contributed by atoms with Crippen LogP contribution in [0, 0.1) is 11.8 Å². The van der Waals surface area contributed by atoms with Crippen LogP contribution in [0.2, 0.25) is 5.02 Å². The van der Waals surface area contributed by atoms with Crippen molar-refractivity contribution in [3.63, 3.8) is 0 Å². The van der Waals surface area contributed by atoms with Crippen molar-refractivity contribution < 1.29 is 0 Å². The van der Waals surface area contributed by atoms with Crippen molar-refractivity contribution in [1.82, 2.24) is 19.9 Å². The molecule has 0 radical (unpaired) electrons. The van der Waals surface area contributed by atoms with Crippen molar-refractivity contribution in [2.45, 2.75) is 38.1 Å². The van der Waals surface area contributed by atoms with Crippen LogP contribution in [-0.2, 0) is 0 Å². The summed E-state index contributed by atoms with van der Waals surface area (Å²) in [5.41, 5.74) is 4.06. The Balaban J connectivity index is 1.24.